The largest absolute Gasteiger partial charge is 0.310 e. The maximum atomic E-state index is 2.61. The minimum atomic E-state index is 0.0110. The van der Waals surface area contributed by atoms with Crippen LogP contribution in [0.2, 0.25) is 0 Å². The first-order valence-electron chi connectivity index (χ1n) is 23.0. The molecule has 0 spiro atoms. The summed E-state index contributed by atoms with van der Waals surface area (Å²) < 4.78 is 0. The summed E-state index contributed by atoms with van der Waals surface area (Å²) in [7, 11) is 0. The molecule has 0 saturated carbocycles. The van der Waals surface area contributed by atoms with Gasteiger partial charge in [-0.15, -0.1) is 0 Å². The third-order valence-electron chi connectivity index (χ3n) is 15.4. The molecule has 6 bridgehead atoms. The fourth-order valence-corrected chi connectivity index (χ4v) is 10.8. The van der Waals surface area contributed by atoms with Crippen molar-refractivity contribution in [3.8, 4) is 0 Å². The van der Waals surface area contributed by atoms with E-state index in [4.69, 9.17) is 0 Å². The summed E-state index contributed by atoms with van der Waals surface area (Å²) in [6.45, 7) is 32.2. The van der Waals surface area contributed by atoms with Gasteiger partial charge in [-0.25, -0.2) is 0 Å². The Morgan fingerprint density at radius 2 is 0.703 bits per heavy atom. The number of nitrogens with zero attached hydrogens (tertiary/aromatic N) is 3. The van der Waals surface area contributed by atoms with Gasteiger partial charge in [0, 0.05) is 44.6 Å². The van der Waals surface area contributed by atoms with Crippen molar-refractivity contribution in [1.82, 2.24) is 0 Å². The van der Waals surface area contributed by atoms with Crippen molar-refractivity contribution >= 4 is 83.5 Å². The Labute approximate surface area is 380 Å². The molecule has 0 saturated heterocycles. The van der Waals surface area contributed by atoms with E-state index in [0.29, 0.717) is 0 Å². The lowest BCUT2D eigenvalue weighted by atomic mass is 9.83. The Hall–Kier alpha value is -6.58. The van der Waals surface area contributed by atoms with Gasteiger partial charge in [-0.1, -0.05) is 87.0 Å². The van der Waals surface area contributed by atoms with Crippen LogP contribution >= 0.6 is 0 Å². The lowest BCUT2D eigenvalue weighted by molar-refractivity contribution is 0.591. The molecule has 0 aromatic heterocycles. The average Bonchev–Trinajstić information content (AvgIpc) is 3.28. The van der Waals surface area contributed by atoms with E-state index in [0.717, 1.165) is 28.4 Å². The average molecular weight is 836 g/mol. The minimum absolute atomic E-state index is 0.0110. The molecule has 0 radical (unpaired) electrons. The molecule has 1 heterocycles. The quantitative estimate of drug-likeness (QED) is 0.164. The van der Waals surface area contributed by atoms with Gasteiger partial charge in [0.15, 0.2) is 0 Å². The second-order valence-corrected chi connectivity index (χ2v) is 19.9. The maximum Gasteiger partial charge on any atom is 0.0561 e. The highest BCUT2D eigenvalue weighted by atomic mass is 15.2. The van der Waals surface area contributed by atoms with E-state index in [1.165, 1.54) is 122 Å². The highest BCUT2D eigenvalue weighted by Gasteiger charge is 2.31. The molecule has 0 N–H and O–H groups in total. The first-order valence-corrected chi connectivity index (χ1v) is 23.0. The number of rotatable bonds is 3. The van der Waals surface area contributed by atoms with Gasteiger partial charge in [-0.05, 0) is 214 Å². The van der Waals surface area contributed by atoms with E-state index in [2.05, 4.69) is 227 Å². The molecule has 9 aromatic rings. The predicted molar refractivity (Wildman–Crippen MR) is 279 cm³/mol. The van der Waals surface area contributed by atoms with Crippen LogP contribution in [0.3, 0.4) is 0 Å². The lowest BCUT2D eigenvalue weighted by Crippen LogP contribution is -2.20. The molecule has 0 atom stereocenters. The molecule has 1 aliphatic rings. The number of aryl methyl sites for hydroxylation is 1. The van der Waals surface area contributed by atoms with Crippen LogP contribution in [0.4, 0.5) is 51.2 Å². The number of anilines is 9. The third kappa shape index (κ3) is 6.15. The molecular formula is C61H61N3. The van der Waals surface area contributed by atoms with Crippen molar-refractivity contribution in [2.75, 3.05) is 14.7 Å². The molecule has 0 aliphatic carbocycles. The Morgan fingerprint density at radius 1 is 0.328 bits per heavy atom. The third-order valence-corrected chi connectivity index (χ3v) is 15.4. The minimum Gasteiger partial charge on any atom is -0.310 e. The first-order chi connectivity index (χ1) is 30.5. The summed E-state index contributed by atoms with van der Waals surface area (Å²) >= 11 is 0. The maximum absolute atomic E-state index is 2.61. The van der Waals surface area contributed by atoms with Crippen LogP contribution in [0.15, 0.2) is 115 Å². The van der Waals surface area contributed by atoms with Crippen molar-refractivity contribution in [3.05, 3.63) is 182 Å². The number of fused-ring (bicyclic) bond motifs is 8. The van der Waals surface area contributed by atoms with Crippen LogP contribution in [0, 0.1) is 76.2 Å². The fraction of sp³-hybridized carbons (Fsp3) is 0.246. The second-order valence-electron chi connectivity index (χ2n) is 19.9. The zero-order chi connectivity index (χ0) is 45.3. The molecule has 320 valence electrons. The highest BCUT2D eigenvalue weighted by Crippen LogP contribution is 2.54. The smallest absolute Gasteiger partial charge is 0.0561 e. The number of hydrogen-bond donors (Lipinski definition) is 0. The molecule has 10 rings (SSSR count). The van der Waals surface area contributed by atoms with E-state index < -0.39 is 0 Å². The van der Waals surface area contributed by atoms with E-state index in [9.17, 15) is 0 Å². The Kier molecular flexibility index (Phi) is 9.54. The molecule has 0 fully saturated rings. The molecule has 3 nitrogen and oxygen atoms in total. The van der Waals surface area contributed by atoms with E-state index >= 15 is 0 Å². The van der Waals surface area contributed by atoms with Crippen molar-refractivity contribution in [2.45, 2.75) is 102 Å². The second kappa shape index (κ2) is 14.7. The van der Waals surface area contributed by atoms with Gasteiger partial charge in [-0.2, -0.15) is 0 Å². The van der Waals surface area contributed by atoms with Crippen LogP contribution in [-0.2, 0) is 5.41 Å². The summed E-state index contributed by atoms with van der Waals surface area (Å²) in [4.78, 5) is 7.65. The monoisotopic (exact) mass is 835 g/mol. The summed E-state index contributed by atoms with van der Waals surface area (Å²) in [6, 6.07) is 44.4. The van der Waals surface area contributed by atoms with Crippen LogP contribution in [0.25, 0.3) is 32.3 Å². The molecule has 9 aromatic carbocycles. The standard InChI is InChI=1S/C61H61N3/c1-34-21-25-48(26-22-34)62-49-17-15-19-51(31-49)63(59-41(8)37(4)35(2)38(5)42(59)9)55-33-56(54-28-24-46-30-47(61(12,13)14)29-45-23-27-53(55)58(54)57(45)46)64(52-20-16-18-50(62)32-52)60-43(10)39(6)36(3)40(7)44(60)11/h15-33H,1-14H3. The van der Waals surface area contributed by atoms with Gasteiger partial charge >= 0.3 is 0 Å². The van der Waals surface area contributed by atoms with Crippen molar-refractivity contribution in [3.63, 3.8) is 0 Å². The van der Waals surface area contributed by atoms with Crippen molar-refractivity contribution in [2.24, 2.45) is 0 Å². The summed E-state index contributed by atoms with van der Waals surface area (Å²) in [5, 5.41) is 7.67. The first kappa shape index (κ1) is 41.4. The zero-order valence-electron chi connectivity index (χ0n) is 40.3. The van der Waals surface area contributed by atoms with Gasteiger partial charge in [0.25, 0.3) is 0 Å². The zero-order valence-corrected chi connectivity index (χ0v) is 40.3. The summed E-state index contributed by atoms with van der Waals surface area (Å²) in [6.07, 6.45) is 0. The van der Waals surface area contributed by atoms with Gasteiger partial charge in [-0.3, -0.25) is 0 Å². The van der Waals surface area contributed by atoms with Gasteiger partial charge in [0.1, 0.15) is 0 Å². The fourth-order valence-electron chi connectivity index (χ4n) is 10.8. The summed E-state index contributed by atoms with van der Waals surface area (Å²) in [5.41, 5.74) is 26.3. The lowest BCUT2D eigenvalue weighted by Gasteiger charge is -2.37. The normalized spacial score (nSPS) is 13.1. The van der Waals surface area contributed by atoms with Crippen LogP contribution in [0.1, 0.15) is 87.5 Å². The molecule has 3 heteroatoms. The molecule has 0 unspecified atom stereocenters. The Morgan fingerprint density at radius 3 is 1.09 bits per heavy atom. The van der Waals surface area contributed by atoms with Gasteiger partial charge in [0.05, 0.1) is 22.7 Å². The van der Waals surface area contributed by atoms with Crippen molar-refractivity contribution in [1.29, 1.82) is 0 Å². The molecule has 0 amide bonds. The number of hydrogen-bond acceptors (Lipinski definition) is 3. The number of benzene rings is 9. The van der Waals surface area contributed by atoms with E-state index in [1.54, 1.807) is 0 Å². The SMILES string of the molecule is Cc1ccc(N2c3cccc(c3)N(c3c(C)c(C)c(C)c(C)c3C)c3cc(c4ccc5cc(C(C)(C)C)cc6ccc3c4c65)N(c3c(C)c(C)c(C)c(C)c3C)c3cccc2c3)cc1. The van der Waals surface area contributed by atoms with Gasteiger partial charge in [0.2, 0.25) is 0 Å². The Bertz CT molecular complexity index is 3130. The van der Waals surface area contributed by atoms with Crippen LogP contribution in [-0.4, -0.2) is 0 Å². The van der Waals surface area contributed by atoms with E-state index in [-0.39, 0.29) is 5.41 Å². The van der Waals surface area contributed by atoms with Crippen LogP contribution in [0.5, 0.6) is 0 Å². The molecule has 64 heavy (non-hydrogen) atoms. The van der Waals surface area contributed by atoms with Crippen LogP contribution < -0.4 is 14.7 Å². The summed E-state index contributed by atoms with van der Waals surface area (Å²) in [5.74, 6) is 0. The Balaban J connectivity index is 1.46. The predicted octanol–water partition coefficient (Wildman–Crippen LogP) is 18.0. The molecule has 1 aliphatic heterocycles. The van der Waals surface area contributed by atoms with Gasteiger partial charge < -0.3 is 14.7 Å². The topological polar surface area (TPSA) is 9.72 Å². The highest BCUT2D eigenvalue weighted by molar-refractivity contribution is 6.29. The van der Waals surface area contributed by atoms with E-state index in [1.807, 2.05) is 0 Å². The van der Waals surface area contributed by atoms with Crippen molar-refractivity contribution < 1.29 is 0 Å². The molecular weight excluding hydrogens is 775 g/mol.